The van der Waals surface area contributed by atoms with E-state index < -0.39 is 0 Å². The van der Waals surface area contributed by atoms with Crippen molar-refractivity contribution in [1.29, 1.82) is 0 Å². The summed E-state index contributed by atoms with van der Waals surface area (Å²) in [5.74, 6) is 0.728. The van der Waals surface area contributed by atoms with Gasteiger partial charge in [-0.05, 0) is 47.9 Å². The topological polar surface area (TPSA) is 76.0 Å². The van der Waals surface area contributed by atoms with Crippen LogP contribution in [0.15, 0.2) is 78.9 Å². The van der Waals surface area contributed by atoms with Crippen LogP contribution in [0, 0.1) is 0 Å². The van der Waals surface area contributed by atoms with Gasteiger partial charge in [0.2, 0.25) is 5.91 Å². The predicted octanol–water partition coefficient (Wildman–Crippen LogP) is 4.73. The van der Waals surface area contributed by atoms with Crippen LogP contribution in [-0.2, 0) is 17.9 Å². The number of nitrogens with one attached hydrogen (secondary N) is 2. The summed E-state index contributed by atoms with van der Waals surface area (Å²) < 4.78 is 1.85. The summed E-state index contributed by atoms with van der Waals surface area (Å²) in [6.07, 6.45) is 0. The van der Waals surface area contributed by atoms with E-state index in [1.165, 1.54) is 5.56 Å². The van der Waals surface area contributed by atoms with E-state index in [1.807, 2.05) is 71.3 Å². The molecule has 0 saturated heterocycles. The number of para-hydroxylation sites is 2. The molecule has 6 nitrogen and oxygen atoms in total. The first-order valence-electron chi connectivity index (χ1n) is 10.7. The lowest BCUT2D eigenvalue weighted by Gasteiger charge is -2.12. The van der Waals surface area contributed by atoms with Gasteiger partial charge in [-0.2, -0.15) is 0 Å². The average molecular weight is 427 g/mol. The number of imidazole rings is 1. The highest BCUT2D eigenvalue weighted by Gasteiger charge is 2.15. The van der Waals surface area contributed by atoms with Crippen molar-refractivity contribution in [3.8, 4) is 0 Å². The minimum atomic E-state index is -0.182. The number of hydrogen-bond donors (Lipinski definition) is 2. The van der Waals surface area contributed by atoms with Gasteiger partial charge in [0.05, 0.1) is 17.6 Å². The molecule has 6 heteroatoms. The van der Waals surface area contributed by atoms with Crippen LogP contribution in [0.1, 0.15) is 41.5 Å². The van der Waals surface area contributed by atoms with E-state index in [4.69, 9.17) is 0 Å². The standard InChI is InChI=1S/C26H26N4O2/c1-18(2)19-12-14-21(15-13-19)28-25(31)17-30-23-11-7-6-10-22(23)29-24(30)16-27-26(32)20-8-4-3-5-9-20/h3-15,18H,16-17H2,1-2H3,(H,27,32)(H,28,31). The van der Waals surface area contributed by atoms with E-state index in [-0.39, 0.29) is 24.9 Å². The van der Waals surface area contributed by atoms with Crippen molar-refractivity contribution >= 4 is 28.5 Å². The molecule has 1 heterocycles. The monoisotopic (exact) mass is 426 g/mol. The number of carbonyl (C=O) groups is 2. The van der Waals surface area contributed by atoms with Crippen LogP contribution in [-0.4, -0.2) is 21.4 Å². The molecular weight excluding hydrogens is 400 g/mol. The molecule has 0 unspecified atom stereocenters. The van der Waals surface area contributed by atoms with Gasteiger partial charge < -0.3 is 15.2 Å². The lowest BCUT2D eigenvalue weighted by molar-refractivity contribution is -0.116. The number of nitrogens with zero attached hydrogens (tertiary/aromatic N) is 2. The number of fused-ring (bicyclic) bond motifs is 1. The van der Waals surface area contributed by atoms with Crippen LogP contribution in [0.25, 0.3) is 11.0 Å². The Morgan fingerprint density at radius 2 is 1.59 bits per heavy atom. The zero-order valence-corrected chi connectivity index (χ0v) is 18.2. The van der Waals surface area contributed by atoms with Crippen LogP contribution in [0.4, 0.5) is 5.69 Å². The molecule has 4 rings (SSSR count). The molecule has 2 N–H and O–H groups in total. The van der Waals surface area contributed by atoms with E-state index >= 15 is 0 Å². The third kappa shape index (κ3) is 4.86. The van der Waals surface area contributed by atoms with E-state index in [2.05, 4.69) is 29.5 Å². The number of benzene rings is 3. The van der Waals surface area contributed by atoms with Gasteiger partial charge >= 0.3 is 0 Å². The second-order valence-corrected chi connectivity index (χ2v) is 7.98. The molecule has 4 aromatic rings. The van der Waals surface area contributed by atoms with Crippen LogP contribution in [0.5, 0.6) is 0 Å². The van der Waals surface area contributed by atoms with E-state index in [0.29, 0.717) is 17.3 Å². The smallest absolute Gasteiger partial charge is 0.251 e. The number of hydrogen-bond acceptors (Lipinski definition) is 3. The zero-order chi connectivity index (χ0) is 22.5. The maximum atomic E-state index is 12.8. The van der Waals surface area contributed by atoms with E-state index in [9.17, 15) is 9.59 Å². The molecule has 1 aromatic heterocycles. The quantitative estimate of drug-likeness (QED) is 0.449. The molecule has 0 saturated carbocycles. The molecule has 0 aliphatic rings. The fourth-order valence-corrected chi connectivity index (χ4v) is 3.58. The summed E-state index contributed by atoms with van der Waals surface area (Å²) in [6, 6.07) is 24.6. The molecule has 32 heavy (non-hydrogen) atoms. The molecule has 0 fully saturated rings. The summed E-state index contributed by atoms with van der Waals surface area (Å²) in [7, 11) is 0. The highest BCUT2D eigenvalue weighted by atomic mass is 16.2. The van der Waals surface area contributed by atoms with Crippen LogP contribution >= 0.6 is 0 Å². The minimum absolute atomic E-state index is 0.100. The fraction of sp³-hybridized carbons (Fsp3) is 0.192. The molecule has 0 aliphatic heterocycles. The minimum Gasteiger partial charge on any atom is -0.345 e. The Balaban J connectivity index is 1.50. The Bertz CT molecular complexity index is 1230. The SMILES string of the molecule is CC(C)c1ccc(NC(=O)Cn2c(CNC(=O)c3ccccc3)nc3ccccc32)cc1. The molecule has 0 radical (unpaired) electrons. The van der Waals surface area contributed by atoms with Crippen molar-refractivity contribution < 1.29 is 9.59 Å². The van der Waals surface area contributed by atoms with E-state index in [1.54, 1.807) is 12.1 Å². The molecule has 3 aromatic carbocycles. The molecule has 0 bridgehead atoms. The molecular formula is C26H26N4O2. The lowest BCUT2D eigenvalue weighted by atomic mass is 10.0. The molecule has 0 spiro atoms. The Morgan fingerprint density at radius 1 is 0.906 bits per heavy atom. The predicted molar refractivity (Wildman–Crippen MR) is 127 cm³/mol. The van der Waals surface area contributed by atoms with Gasteiger partial charge in [-0.25, -0.2) is 4.98 Å². The molecule has 0 aliphatic carbocycles. The second kappa shape index (κ2) is 9.47. The number of carbonyl (C=O) groups excluding carboxylic acids is 2. The number of rotatable bonds is 7. The molecule has 2 amide bonds. The lowest BCUT2D eigenvalue weighted by Crippen LogP contribution is -2.26. The van der Waals surface area contributed by atoms with Crippen molar-refractivity contribution in [3.05, 3.63) is 95.8 Å². The third-order valence-electron chi connectivity index (χ3n) is 5.34. The largest absolute Gasteiger partial charge is 0.345 e. The van der Waals surface area contributed by atoms with Crippen LogP contribution in [0.3, 0.4) is 0 Å². The Labute approximate surface area is 187 Å². The Kier molecular flexibility index (Phi) is 6.31. The molecule has 162 valence electrons. The van der Waals surface area contributed by atoms with Gasteiger partial charge in [0, 0.05) is 11.3 Å². The van der Waals surface area contributed by atoms with Crippen LogP contribution in [0.2, 0.25) is 0 Å². The first-order chi connectivity index (χ1) is 15.5. The number of amides is 2. The number of anilines is 1. The summed E-state index contributed by atoms with van der Waals surface area (Å²) in [6.45, 7) is 4.59. The molecule has 0 atom stereocenters. The average Bonchev–Trinajstić information content (AvgIpc) is 3.15. The highest BCUT2D eigenvalue weighted by Crippen LogP contribution is 2.19. The van der Waals surface area contributed by atoms with Crippen molar-refractivity contribution in [2.75, 3.05) is 5.32 Å². The maximum Gasteiger partial charge on any atom is 0.251 e. The first kappa shape index (κ1) is 21.3. The van der Waals surface area contributed by atoms with Gasteiger partial charge in [0.1, 0.15) is 12.4 Å². The normalized spacial score (nSPS) is 11.0. The Morgan fingerprint density at radius 3 is 2.31 bits per heavy atom. The summed E-state index contributed by atoms with van der Waals surface area (Å²) >= 11 is 0. The highest BCUT2D eigenvalue weighted by molar-refractivity contribution is 5.94. The Hall–Kier alpha value is -3.93. The summed E-state index contributed by atoms with van der Waals surface area (Å²) in [5, 5.41) is 5.86. The van der Waals surface area contributed by atoms with Crippen LogP contribution < -0.4 is 10.6 Å². The fourth-order valence-electron chi connectivity index (χ4n) is 3.58. The van der Waals surface area contributed by atoms with Gasteiger partial charge in [0.25, 0.3) is 5.91 Å². The second-order valence-electron chi connectivity index (χ2n) is 7.98. The first-order valence-corrected chi connectivity index (χ1v) is 10.7. The van der Waals surface area contributed by atoms with E-state index in [0.717, 1.165) is 16.7 Å². The number of aromatic nitrogens is 2. The third-order valence-corrected chi connectivity index (χ3v) is 5.34. The van der Waals surface area contributed by atoms with Gasteiger partial charge in [-0.1, -0.05) is 56.3 Å². The summed E-state index contributed by atoms with van der Waals surface area (Å²) in [4.78, 5) is 29.9. The summed E-state index contributed by atoms with van der Waals surface area (Å²) in [5.41, 5.74) is 4.19. The van der Waals surface area contributed by atoms with Crippen molar-refractivity contribution in [2.24, 2.45) is 0 Å². The maximum absolute atomic E-state index is 12.8. The van der Waals surface area contributed by atoms with Gasteiger partial charge in [-0.3, -0.25) is 9.59 Å². The van der Waals surface area contributed by atoms with Crippen molar-refractivity contribution in [3.63, 3.8) is 0 Å². The zero-order valence-electron chi connectivity index (χ0n) is 18.2. The van der Waals surface area contributed by atoms with Gasteiger partial charge in [0.15, 0.2) is 0 Å². The van der Waals surface area contributed by atoms with Crippen molar-refractivity contribution in [2.45, 2.75) is 32.9 Å². The van der Waals surface area contributed by atoms with Crippen molar-refractivity contribution in [1.82, 2.24) is 14.9 Å². The van der Waals surface area contributed by atoms with Gasteiger partial charge in [-0.15, -0.1) is 0 Å².